The maximum atomic E-state index is 13.0. The van der Waals surface area contributed by atoms with Gasteiger partial charge in [0.15, 0.2) is 0 Å². The monoisotopic (exact) mass is 324 g/mol. The number of thiophene rings is 1. The molecule has 1 aromatic heterocycles. The summed E-state index contributed by atoms with van der Waals surface area (Å²) < 4.78 is 18.5. The molecule has 0 unspecified atom stereocenters. The highest BCUT2D eigenvalue weighted by atomic mass is 32.1. The first-order valence-corrected chi connectivity index (χ1v) is 8.21. The molecule has 0 aliphatic carbocycles. The number of ether oxygens (including phenoxy) is 1. The molecule has 116 valence electrons. The van der Waals surface area contributed by atoms with Crippen molar-refractivity contribution in [3.63, 3.8) is 0 Å². The Morgan fingerprint density at radius 3 is 2.52 bits per heavy atom. The fourth-order valence-electron chi connectivity index (χ4n) is 2.50. The van der Waals surface area contributed by atoms with E-state index in [0.29, 0.717) is 0 Å². The average molecular weight is 324 g/mol. The summed E-state index contributed by atoms with van der Waals surface area (Å²) in [5.74, 6) is 0.609. The minimum absolute atomic E-state index is 0.225. The zero-order valence-electron chi connectivity index (χ0n) is 13.0. The second-order valence-electron chi connectivity index (χ2n) is 5.27. The van der Waals surface area contributed by atoms with Crippen LogP contribution in [0.5, 0.6) is 5.75 Å². The Bertz CT molecular complexity index is 817. The minimum atomic E-state index is -0.225. The van der Waals surface area contributed by atoms with Crippen molar-refractivity contribution in [2.24, 2.45) is 0 Å². The number of hydrogen-bond donors (Lipinski definition) is 0. The van der Waals surface area contributed by atoms with Crippen LogP contribution in [0.3, 0.4) is 0 Å². The van der Waals surface area contributed by atoms with Crippen LogP contribution in [0, 0.1) is 5.82 Å². The standard InChI is InChI=1S/C20H17FOS/c1-14(12-15-5-8-17(21)9-6-15)18-13-16(7-10-19(18)22-2)20-4-3-11-23-20/h3-13H,1-2H3/b14-12+. The molecule has 23 heavy (non-hydrogen) atoms. The van der Waals surface area contributed by atoms with Gasteiger partial charge in [-0.3, -0.25) is 0 Å². The molecule has 0 atom stereocenters. The molecule has 0 saturated carbocycles. The molecule has 1 nitrogen and oxygen atoms in total. The van der Waals surface area contributed by atoms with Gasteiger partial charge in [0, 0.05) is 10.4 Å². The molecular formula is C20H17FOS. The van der Waals surface area contributed by atoms with E-state index < -0.39 is 0 Å². The van der Waals surface area contributed by atoms with Gasteiger partial charge in [0.1, 0.15) is 11.6 Å². The maximum Gasteiger partial charge on any atom is 0.126 e. The van der Waals surface area contributed by atoms with Crippen LogP contribution < -0.4 is 4.74 Å². The van der Waals surface area contributed by atoms with Gasteiger partial charge < -0.3 is 4.74 Å². The normalized spacial score (nSPS) is 11.5. The molecular weight excluding hydrogens is 307 g/mol. The average Bonchev–Trinajstić information content (AvgIpc) is 3.11. The van der Waals surface area contributed by atoms with Crippen LogP contribution in [-0.2, 0) is 0 Å². The highest BCUT2D eigenvalue weighted by Crippen LogP contribution is 2.33. The fraction of sp³-hybridized carbons (Fsp3) is 0.100. The number of hydrogen-bond acceptors (Lipinski definition) is 2. The van der Waals surface area contributed by atoms with Crippen LogP contribution in [-0.4, -0.2) is 7.11 Å². The summed E-state index contributed by atoms with van der Waals surface area (Å²) in [7, 11) is 1.68. The van der Waals surface area contributed by atoms with Crippen molar-refractivity contribution in [3.05, 3.63) is 76.9 Å². The van der Waals surface area contributed by atoms with Crippen molar-refractivity contribution in [1.29, 1.82) is 0 Å². The molecule has 2 aromatic carbocycles. The van der Waals surface area contributed by atoms with Crippen molar-refractivity contribution in [3.8, 4) is 16.2 Å². The van der Waals surface area contributed by atoms with Crippen LogP contribution in [0.25, 0.3) is 22.1 Å². The highest BCUT2D eigenvalue weighted by Gasteiger charge is 2.08. The number of benzene rings is 2. The van der Waals surface area contributed by atoms with Crippen LogP contribution in [0.15, 0.2) is 60.0 Å². The Morgan fingerprint density at radius 2 is 1.87 bits per heavy atom. The second-order valence-corrected chi connectivity index (χ2v) is 6.22. The van der Waals surface area contributed by atoms with Crippen molar-refractivity contribution in [2.75, 3.05) is 7.11 Å². The number of allylic oxidation sites excluding steroid dienone is 1. The summed E-state index contributed by atoms with van der Waals surface area (Å²) in [5.41, 5.74) is 4.25. The van der Waals surface area contributed by atoms with E-state index in [1.54, 1.807) is 30.6 Å². The molecule has 0 saturated heterocycles. The number of halogens is 1. The Morgan fingerprint density at radius 1 is 1.09 bits per heavy atom. The SMILES string of the molecule is COc1ccc(-c2cccs2)cc1/C(C)=C/c1ccc(F)cc1. The first kappa shape index (κ1) is 15.5. The second kappa shape index (κ2) is 6.80. The molecule has 0 aliphatic heterocycles. The smallest absolute Gasteiger partial charge is 0.126 e. The van der Waals surface area contributed by atoms with Crippen LogP contribution in [0.2, 0.25) is 0 Å². The topological polar surface area (TPSA) is 9.23 Å². The molecule has 0 radical (unpaired) electrons. The van der Waals surface area contributed by atoms with Gasteiger partial charge in [-0.25, -0.2) is 4.39 Å². The third kappa shape index (κ3) is 3.51. The summed E-state index contributed by atoms with van der Waals surface area (Å²) >= 11 is 1.71. The predicted molar refractivity (Wildman–Crippen MR) is 96.3 cm³/mol. The fourth-order valence-corrected chi connectivity index (χ4v) is 3.22. The molecule has 0 aliphatic rings. The highest BCUT2D eigenvalue weighted by molar-refractivity contribution is 7.13. The molecule has 3 heteroatoms. The quantitative estimate of drug-likeness (QED) is 0.525. The van der Waals surface area contributed by atoms with E-state index in [2.05, 4.69) is 23.6 Å². The lowest BCUT2D eigenvalue weighted by atomic mass is 10.00. The van der Waals surface area contributed by atoms with Gasteiger partial charge in [0.25, 0.3) is 0 Å². The largest absolute Gasteiger partial charge is 0.496 e. The summed E-state index contributed by atoms with van der Waals surface area (Å²) in [5, 5.41) is 2.07. The summed E-state index contributed by atoms with van der Waals surface area (Å²) in [6, 6.07) is 16.8. The van der Waals surface area contributed by atoms with Gasteiger partial charge in [-0.15, -0.1) is 11.3 Å². The summed E-state index contributed by atoms with van der Waals surface area (Å²) in [4.78, 5) is 1.23. The summed E-state index contributed by atoms with van der Waals surface area (Å²) in [6.45, 7) is 2.04. The van der Waals surface area contributed by atoms with E-state index >= 15 is 0 Å². The molecule has 0 fully saturated rings. The predicted octanol–water partition coefficient (Wildman–Crippen LogP) is 6.12. The zero-order chi connectivity index (χ0) is 16.2. The van der Waals surface area contributed by atoms with E-state index in [4.69, 9.17) is 4.74 Å². The van der Waals surface area contributed by atoms with Crippen LogP contribution in [0.4, 0.5) is 4.39 Å². The van der Waals surface area contributed by atoms with Gasteiger partial charge in [-0.2, -0.15) is 0 Å². The molecule has 0 bridgehead atoms. The first-order valence-electron chi connectivity index (χ1n) is 7.33. The molecule has 0 spiro atoms. The number of rotatable bonds is 4. The van der Waals surface area contributed by atoms with Gasteiger partial charge in [0.05, 0.1) is 7.11 Å². The lowest BCUT2D eigenvalue weighted by molar-refractivity contribution is 0.413. The van der Waals surface area contributed by atoms with Gasteiger partial charge >= 0.3 is 0 Å². The van der Waals surface area contributed by atoms with E-state index in [9.17, 15) is 4.39 Å². The molecule has 1 heterocycles. The molecule has 0 N–H and O–H groups in total. The Kier molecular flexibility index (Phi) is 4.58. The van der Waals surface area contributed by atoms with Crippen molar-refractivity contribution in [1.82, 2.24) is 0 Å². The maximum absolute atomic E-state index is 13.0. The Labute approximate surface area is 139 Å². The van der Waals surface area contributed by atoms with Crippen molar-refractivity contribution < 1.29 is 9.13 Å². The molecule has 3 rings (SSSR count). The lowest BCUT2D eigenvalue weighted by Gasteiger charge is -2.11. The van der Waals surface area contributed by atoms with E-state index in [1.807, 2.05) is 25.1 Å². The number of methoxy groups -OCH3 is 1. The van der Waals surface area contributed by atoms with Gasteiger partial charge in [-0.05, 0) is 65.4 Å². The summed E-state index contributed by atoms with van der Waals surface area (Å²) in [6.07, 6.45) is 2.04. The van der Waals surface area contributed by atoms with Crippen LogP contribution in [0.1, 0.15) is 18.1 Å². The van der Waals surface area contributed by atoms with Crippen molar-refractivity contribution >= 4 is 23.0 Å². The van der Waals surface area contributed by atoms with Gasteiger partial charge in [-0.1, -0.05) is 24.3 Å². The first-order chi connectivity index (χ1) is 11.2. The lowest BCUT2D eigenvalue weighted by Crippen LogP contribution is -1.91. The van der Waals surface area contributed by atoms with Crippen molar-refractivity contribution in [2.45, 2.75) is 6.92 Å². The third-order valence-electron chi connectivity index (χ3n) is 3.68. The van der Waals surface area contributed by atoms with E-state index in [0.717, 1.165) is 22.4 Å². The molecule has 3 aromatic rings. The third-order valence-corrected chi connectivity index (χ3v) is 4.60. The Balaban J connectivity index is 2.02. The Hall–Kier alpha value is -2.39. The van der Waals surface area contributed by atoms with Gasteiger partial charge in [0.2, 0.25) is 0 Å². The van der Waals surface area contributed by atoms with Crippen LogP contribution >= 0.6 is 11.3 Å². The molecule has 0 amide bonds. The minimum Gasteiger partial charge on any atom is -0.496 e. The van der Waals surface area contributed by atoms with E-state index in [1.165, 1.54) is 22.6 Å². The zero-order valence-corrected chi connectivity index (χ0v) is 13.9. The van der Waals surface area contributed by atoms with E-state index in [-0.39, 0.29) is 5.82 Å².